The van der Waals surface area contributed by atoms with Gasteiger partial charge in [0.2, 0.25) is 0 Å². The largest absolute Gasteiger partial charge is 0.493 e. The molecule has 0 spiro atoms. The van der Waals surface area contributed by atoms with Crippen LogP contribution in [0.2, 0.25) is 0 Å². The summed E-state index contributed by atoms with van der Waals surface area (Å²) in [6.07, 6.45) is 2.73. The van der Waals surface area contributed by atoms with E-state index < -0.39 is 0 Å². The van der Waals surface area contributed by atoms with Crippen molar-refractivity contribution in [2.24, 2.45) is 5.92 Å². The average Bonchev–Trinajstić information content (AvgIpc) is 2.38. The van der Waals surface area contributed by atoms with Gasteiger partial charge in [0.15, 0.2) is 11.5 Å². The van der Waals surface area contributed by atoms with Crippen LogP contribution in [0.1, 0.15) is 19.4 Å². The molecule has 0 fully saturated rings. The van der Waals surface area contributed by atoms with E-state index in [4.69, 9.17) is 9.47 Å². The normalized spacial score (nSPS) is 9.58. The molecule has 3 nitrogen and oxygen atoms in total. The number of allylic oxidation sites excluding steroid dienone is 1. The van der Waals surface area contributed by atoms with E-state index in [-0.39, 0.29) is 0 Å². The van der Waals surface area contributed by atoms with Crippen LogP contribution in [0, 0.1) is 5.92 Å². The van der Waals surface area contributed by atoms with E-state index in [2.05, 4.69) is 25.2 Å². The van der Waals surface area contributed by atoms with Crippen molar-refractivity contribution in [2.75, 3.05) is 27.9 Å². The molecule has 0 aliphatic heterocycles. The SMILES string of the molecule is C=CCc1ccc(OCC(C)C)c(OC)c1.COC. The molecule has 0 aliphatic carbocycles. The molecule has 0 unspecified atom stereocenters. The summed E-state index contributed by atoms with van der Waals surface area (Å²) in [5.41, 5.74) is 1.18. The summed E-state index contributed by atoms with van der Waals surface area (Å²) in [4.78, 5) is 0. The van der Waals surface area contributed by atoms with E-state index >= 15 is 0 Å². The van der Waals surface area contributed by atoms with E-state index in [1.165, 1.54) is 5.56 Å². The third kappa shape index (κ3) is 7.52. The number of methoxy groups -OCH3 is 2. The molecule has 1 rings (SSSR count). The lowest BCUT2D eigenvalue weighted by atomic mass is 10.1. The Bertz CT molecular complexity index is 359. The van der Waals surface area contributed by atoms with Crippen LogP contribution in [0.4, 0.5) is 0 Å². The van der Waals surface area contributed by atoms with E-state index in [1.807, 2.05) is 24.3 Å². The Labute approximate surface area is 117 Å². The lowest BCUT2D eigenvalue weighted by Crippen LogP contribution is -2.05. The zero-order chi connectivity index (χ0) is 14.7. The van der Waals surface area contributed by atoms with Crippen LogP contribution >= 0.6 is 0 Å². The molecule has 0 radical (unpaired) electrons. The van der Waals surface area contributed by atoms with Crippen molar-refractivity contribution in [3.05, 3.63) is 36.4 Å². The van der Waals surface area contributed by atoms with Gasteiger partial charge in [0.1, 0.15) is 0 Å². The Hall–Kier alpha value is -1.48. The van der Waals surface area contributed by atoms with Gasteiger partial charge in [0.05, 0.1) is 13.7 Å². The quantitative estimate of drug-likeness (QED) is 0.734. The molecule has 0 N–H and O–H groups in total. The van der Waals surface area contributed by atoms with Crippen LogP contribution in [0.25, 0.3) is 0 Å². The Morgan fingerprint density at radius 2 is 1.79 bits per heavy atom. The minimum absolute atomic E-state index is 0.512. The van der Waals surface area contributed by atoms with Crippen molar-refractivity contribution < 1.29 is 14.2 Å². The third-order valence-electron chi connectivity index (χ3n) is 2.18. The highest BCUT2D eigenvalue weighted by Gasteiger charge is 2.06. The second-order valence-electron chi connectivity index (χ2n) is 4.59. The molecule has 0 aliphatic rings. The Morgan fingerprint density at radius 3 is 2.26 bits per heavy atom. The van der Waals surface area contributed by atoms with Crippen molar-refractivity contribution in [1.82, 2.24) is 0 Å². The molecule has 0 bridgehead atoms. The fourth-order valence-electron chi connectivity index (χ4n) is 1.38. The number of rotatable bonds is 6. The lowest BCUT2D eigenvalue weighted by Gasteiger charge is -2.13. The maximum absolute atomic E-state index is 5.67. The summed E-state index contributed by atoms with van der Waals surface area (Å²) in [6.45, 7) is 8.67. The van der Waals surface area contributed by atoms with Gasteiger partial charge in [-0.05, 0) is 30.0 Å². The molecular weight excluding hydrogens is 240 g/mol. The fourth-order valence-corrected chi connectivity index (χ4v) is 1.38. The lowest BCUT2D eigenvalue weighted by molar-refractivity contribution is 0.257. The molecule has 0 heterocycles. The second-order valence-corrected chi connectivity index (χ2v) is 4.59. The van der Waals surface area contributed by atoms with Gasteiger partial charge in [0.25, 0.3) is 0 Å². The van der Waals surface area contributed by atoms with Gasteiger partial charge >= 0.3 is 0 Å². The topological polar surface area (TPSA) is 27.7 Å². The highest BCUT2D eigenvalue weighted by Crippen LogP contribution is 2.28. The van der Waals surface area contributed by atoms with Crippen molar-refractivity contribution in [2.45, 2.75) is 20.3 Å². The van der Waals surface area contributed by atoms with Gasteiger partial charge in [-0.2, -0.15) is 0 Å². The first-order chi connectivity index (χ1) is 9.08. The van der Waals surface area contributed by atoms with E-state index in [0.717, 1.165) is 17.9 Å². The molecule has 3 heteroatoms. The van der Waals surface area contributed by atoms with Gasteiger partial charge in [-0.1, -0.05) is 26.0 Å². The van der Waals surface area contributed by atoms with Crippen molar-refractivity contribution in [3.8, 4) is 11.5 Å². The van der Waals surface area contributed by atoms with Crippen LogP contribution in [-0.2, 0) is 11.2 Å². The van der Waals surface area contributed by atoms with Crippen molar-refractivity contribution in [1.29, 1.82) is 0 Å². The molecule has 19 heavy (non-hydrogen) atoms. The first-order valence-corrected chi connectivity index (χ1v) is 6.39. The van der Waals surface area contributed by atoms with Gasteiger partial charge in [-0.15, -0.1) is 6.58 Å². The predicted octanol–water partition coefficient (Wildman–Crippen LogP) is 3.72. The molecule has 0 atom stereocenters. The molecule has 0 aromatic heterocycles. The summed E-state index contributed by atoms with van der Waals surface area (Å²) in [6, 6.07) is 6.00. The Morgan fingerprint density at radius 1 is 1.16 bits per heavy atom. The van der Waals surface area contributed by atoms with Gasteiger partial charge in [-0.25, -0.2) is 0 Å². The number of benzene rings is 1. The molecule has 0 saturated heterocycles. The van der Waals surface area contributed by atoms with E-state index in [9.17, 15) is 0 Å². The fraction of sp³-hybridized carbons (Fsp3) is 0.500. The predicted molar refractivity (Wildman–Crippen MR) is 80.2 cm³/mol. The standard InChI is InChI=1S/C14H20O2.C2H6O/c1-5-6-12-7-8-13(14(9-12)15-4)16-10-11(2)3;1-3-2/h5,7-9,11H,1,6,10H2,2-4H3;1-2H3. The monoisotopic (exact) mass is 266 g/mol. The van der Waals surface area contributed by atoms with Crippen molar-refractivity contribution in [3.63, 3.8) is 0 Å². The van der Waals surface area contributed by atoms with Gasteiger partial charge in [0, 0.05) is 14.2 Å². The van der Waals surface area contributed by atoms with E-state index in [1.54, 1.807) is 21.3 Å². The Balaban J connectivity index is 0.000000982. The maximum Gasteiger partial charge on any atom is 0.161 e. The summed E-state index contributed by atoms with van der Waals surface area (Å²) < 4.78 is 15.2. The minimum atomic E-state index is 0.512. The zero-order valence-corrected chi connectivity index (χ0v) is 12.7. The van der Waals surface area contributed by atoms with Gasteiger partial charge in [-0.3, -0.25) is 0 Å². The minimum Gasteiger partial charge on any atom is -0.493 e. The smallest absolute Gasteiger partial charge is 0.161 e. The molecule has 1 aromatic rings. The summed E-state index contributed by atoms with van der Waals surface area (Å²) in [7, 11) is 4.91. The second kappa shape index (κ2) is 10.4. The van der Waals surface area contributed by atoms with Gasteiger partial charge < -0.3 is 14.2 Å². The van der Waals surface area contributed by atoms with Crippen LogP contribution in [0.15, 0.2) is 30.9 Å². The number of ether oxygens (including phenoxy) is 3. The maximum atomic E-state index is 5.67. The van der Waals surface area contributed by atoms with Crippen LogP contribution in [-0.4, -0.2) is 27.9 Å². The molecule has 0 saturated carbocycles. The number of hydrogen-bond donors (Lipinski definition) is 0. The summed E-state index contributed by atoms with van der Waals surface area (Å²) in [5.74, 6) is 2.11. The summed E-state index contributed by atoms with van der Waals surface area (Å²) >= 11 is 0. The molecule has 0 amide bonds. The highest BCUT2D eigenvalue weighted by atomic mass is 16.5. The van der Waals surface area contributed by atoms with E-state index in [0.29, 0.717) is 12.5 Å². The zero-order valence-electron chi connectivity index (χ0n) is 12.7. The van der Waals surface area contributed by atoms with Crippen LogP contribution < -0.4 is 9.47 Å². The first kappa shape index (κ1) is 17.5. The summed E-state index contributed by atoms with van der Waals surface area (Å²) in [5, 5.41) is 0. The Kier molecular flexibility index (Phi) is 9.63. The molecule has 1 aromatic carbocycles. The third-order valence-corrected chi connectivity index (χ3v) is 2.18. The van der Waals surface area contributed by atoms with Crippen LogP contribution in [0.3, 0.4) is 0 Å². The molecular formula is C16H26O3. The van der Waals surface area contributed by atoms with Crippen molar-refractivity contribution >= 4 is 0 Å². The highest BCUT2D eigenvalue weighted by molar-refractivity contribution is 5.43. The average molecular weight is 266 g/mol. The molecule has 108 valence electrons. The van der Waals surface area contributed by atoms with Crippen LogP contribution in [0.5, 0.6) is 11.5 Å². The first-order valence-electron chi connectivity index (χ1n) is 6.39. The number of hydrogen-bond acceptors (Lipinski definition) is 3.